The summed E-state index contributed by atoms with van der Waals surface area (Å²) in [6.07, 6.45) is 2.78. The first-order valence-electron chi connectivity index (χ1n) is 8.60. The number of hydrogen-bond donors (Lipinski definition) is 2. The van der Waals surface area contributed by atoms with Gasteiger partial charge >= 0.3 is 0 Å². The molecular formula is C18H25N5O2. The Morgan fingerprint density at radius 1 is 1.40 bits per heavy atom. The van der Waals surface area contributed by atoms with E-state index in [1.165, 1.54) is 0 Å². The van der Waals surface area contributed by atoms with E-state index < -0.39 is 0 Å². The smallest absolute Gasteiger partial charge is 0.224 e. The minimum absolute atomic E-state index is 0.0401. The van der Waals surface area contributed by atoms with E-state index >= 15 is 0 Å². The van der Waals surface area contributed by atoms with Crippen LogP contribution in [-0.2, 0) is 11.3 Å². The summed E-state index contributed by atoms with van der Waals surface area (Å²) in [7, 11) is 2.00. The minimum atomic E-state index is 0.0401. The maximum Gasteiger partial charge on any atom is 0.224 e. The maximum atomic E-state index is 9.06. The highest BCUT2D eigenvalue weighted by molar-refractivity contribution is 5.46. The Labute approximate surface area is 148 Å². The molecule has 25 heavy (non-hydrogen) atoms. The molecule has 2 aromatic heterocycles. The van der Waals surface area contributed by atoms with Crippen molar-refractivity contribution in [2.24, 2.45) is 0 Å². The SMILES string of the molecule is Cc1cccnc1CN(C)c1cc([C@@H]2CCOC2)nc(NCCO)n1. The highest BCUT2D eigenvalue weighted by Crippen LogP contribution is 2.27. The number of aryl methyl sites for hydroxylation is 1. The van der Waals surface area contributed by atoms with Crippen LogP contribution in [0, 0.1) is 6.92 Å². The molecule has 3 rings (SSSR count). The highest BCUT2D eigenvalue weighted by Gasteiger charge is 2.21. The number of aromatic nitrogens is 3. The van der Waals surface area contributed by atoms with Crippen molar-refractivity contribution in [3.05, 3.63) is 41.3 Å². The number of aliphatic hydroxyl groups is 1. The molecule has 1 saturated heterocycles. The lowest BCUT2D eigenvalue weighted by atomic mass is 10.0. The molecule has 7 heteroatoms. The van der Waals surface area contributed by atoms with Gasteiger partial charge in [-0.2, -0.15) is 4.98 Å². The van der Waals surface area contributed by atoms with E-state index in [2.05, 4.69) is 38.2 Å². The Morgan fingerprint density at radius 2 is 2.28 bits per heavy atom. The summed E-state index contributed by atoms with van der Waals surface area (Å²) in [6.45, 7) is 4.66. The fraction of sp³-hybridized carbons (Fsp3) is 0.500. The highest BCUT2D eigenvalue weighted by atomic mass is 16.5. The van der Waals surface area contributed by atoms with Gasteiger partial charge in [-0.05, 0) is 25.0 Å². The van der Waals surface area contributed by atoms with E-state index in [0.29, 0.717) is 31.6 Å². The molecule has 2 aromatic rings. The minimum Gasteiger partial charge on any atom is -0.395 e. The quantitative estimate of drug-likeness (QED) is 0.792. The number of anilines is 2. The lowest BCUT2D eigenvalue weighted by Crippen LogP contribution is -2.21. The first-order valence-corrected chi connectivity index (χ1v) is 8.60. The summed E-state index contributed by atoms with van der Waals surface area (Å²) in [6, 6.07) is 6.03. The van der Waals surface area contributed by atoms with Crippen LogP contribution in [0.4, 0.5) is 11.8 Å². The van der Waals surface area contributed by atoms with Gasteiger partial charge in [-0.25, -0.2) is 4.98 Å². The summed E-state index contributed by atoms with van der Waals surface area (Å²) in [5, 5.41) is 12.1. The zero-order chi connectivity index (χ0) is 17.6. The van der Waals surface area contributed by atoms with Crippen LogP contribution in [0.5, 0.6) is 0 Å². The third-order valence-electron chi connectivity index (χ3n) is 4.37. The van der Waals surface area contributed by atoms with Crippen LogP contribution in [0.3, 0.4) is 0 Å². The van der Waals surface area contributed by atoms with Crippen LogP contribution in [0.1, 0.15) is 29.3 Å². The Hall–Kier alpha value is -2.25. The zero-order valence-corrected chi connectivity index (χ0v) is 14.8. The number of nitrogens with zero attached hydrogens (tertiary/aromatic N) is 4. The van der Waals surface area contributed by atoms with E-state index in [1.54, 1.807) is 0 Å². The van der Waals surface area contributed by atoms with E-state index in [4.69, 9.17) is 9.84 Å². The Bertz CT molecular complexity index is 704. The molecule has 0 spiro atoms. The van der Waals surface area contributed by atoms with Gasteiger partial charge in [0.2, 0.25) is 5.95 Å². The first-order chi connectivity index (χ1) is 12.2. The largest absolute Gasteiger partial charge is 0.395 e. The number of ether oxygens (including phenoxy) is 1. The van der Waals surface area contributed by atoms with Gasteiger partial charge in [0.25, 0.3) is 0 Å². The number of nitrogens with one attached hydrogen (secondary N) is 1. The van der Waals surface area contributed by atoms with Gasteiger partial charge in [-0.3, -0.25) is 4.98 Å². The zero-order valence-electron chi connectivity index (χ0n) is 14.8. The number of rotatable bonds is 7. The van der Waals surface area contributed by atoms with E-state index in [0.717, 1.165) is 35.8 Å². The van der Waals surface area contributed by atoms with E-state index in [9.17, 15) is 0 Å². The van der Waals surface area contributed by atoms with Crippen LogP contribution < -0.4 is 10.2 Å². The van der Waals surface area contributed by atoms with Gasteiger partial charge in [0.1, 0.15) is 5.82 Å². The van der Waals surface area contributed by atoms with Crippen LogP contribution >= 0.6 is 0 Å². The van der Waals surface area contributed by atoms with Crippen molar-refractivity contribution in [3.63, 3.8) is 0 Å². The summed E-state index contributed by atoms with van der Waals surface area (Å²) in [5.74, 6) is 1.67. The molecule has 0 saturated carbocycles. The summed E-state index contributed by atoms with van der Waals surface area (Å²) in [5.41, 5.74) is 3.17. The molecule has 2 N–H and O–H groups in total. The van der Waals surface area contributed by atoms with Gasteiger partial charge in [0.15, 0.2) is 0 Å². The molecule has 1 atom stereocenters. The van der Waals surface area contributed by atoms with Crippen molar-refractivity contribution in [1.82, 2.24) is 15.0 Å². The van der Waals surface area contributed by atoms with Gasteiger partial charge in [0.05, 0.1) is 31.1 Å². The predicted octanol–water partition coefficient (Wildman–Crippen LogP) is 1.72. The van der Waals surface area contributed by atoms with Crippen molar-refractivity contribution in [1.29, 1.82) is 0 Å². The molecule has 1 fully saturated rings. The van der Waals surface area contributed by atoms with E-state index in [1.807, 2.05) is 25.4 Å². The number of hydrogen-bond acceptors (Lipinski definition) is 7. The van der Waals surface area contributed by atoms with Crippen molar-refractivity contribution in [3.8, 4) is 0 Å². The van der Waals surface area contributed by atoms with Gasteiger partial charge in [-0.1, -0.05) is 6.07 Å². The topological polar surface area (TPSA) is 83.4 Å². The molecule has 1 aliphatic heterocycles. The van der Waals surface area contributed by atoms with Gasteiger partial charge < -0.3 is 20.1 Å². The second-order valence-electron chi connectivity index (χ2n) is 6.31. The summed E-state index contributed by atoms with van der Waals surface area (Å²) < 4.78 is 5.50. The molecule has 1 aliphatic rings. The second kappa shape index (κ2) is 8.22. The molecule has 134 valence electrons. The van der Waals surface area contributed by atoms with Gasteiger partial charge in [-0.15, -0.1) is 0 Å². The van der Waals surface area contributed by atoms with Crippen molar-refractivity contribution >= 4 is 11.8 Å². The standard InChI is InChI=1S/C18H25N5O2/c1-13-4-3-6-19-16(13)11-23(2)17-10-15(14-5-9-25-12-14)21-18(22-17)20-7-8-24/h3-4,6,10,14,24H,5,7-9,11-12H2,1-2H3,(H,20,21,22)/t14-/m1/s1. The van der Waals surface area contributed by atoms with Crippen LogP contribution in [0.15, 0.2) is 24.4 Å². The molecule has 0 aromatic carbocycles. The third kappa shape index (κ3) is 4.43. The van der Waals surface area contributed by atoms with Crippen LogP contribution in [-0.4, -0.2) is 53.5 Å². The lowest BCUT2D eigenvalue weighted by Gasteiger charge is -2.21. The molecule has 0 radical (unpaired) electrons. The first kappa shape index (κ1) is 17.6. The van der Waals surface area contributed by atoms with Crippen molar-refractivity contribution in [2.75, 3.05) is 43.6 Å². The van der Waals surface area contributed by atoms with Crippen molar-refractivity contribution < 1.29 is 9.84 Å². The Kier molecular flexibility index (Phi) is 5.78. The normalized spacial score (nSPS) is 16.8. The molecule has 0 amide bonds. The van der Waals surface area contributed by atoms with E-state index in [-0.39, 0.29) is 6.61 Å². The molecule has 3 heterocycles. The van der Waals surface area contributed by atoms with Crippen LogP contribution in [0.25, 0.3) is 0 Å². The maximum absolute atomic E-state index is 9.06. The molecule has 0 unspecified atom stereocenters. The average molecular weight is 343 g/mol. The number of aliphatic hydroxyl groups excluding tert-OH is 1. The monoisotopic (exact) mass is 343 g/mol. The Morgan fingerprint density at radius 3 is 3.00 bits per heavy atom. The lowest BCUT2D eigenvalue weighted by molar-refractivity contribution is 0.193. The number of pyridine rings is 1. The second-order valence-corrected chi connectivity index (χ2v) is 6.31. The Balaban J connectivity index is 1.84. The molecular weight excluding hydrogens is 318 g/mol. The third-order valence-corrected chi connectivity index (χ3v) is 4.37. The summed E-state index contributed by atoms with van der Waals surface area (Å²) >= 11 is 0. The molecule has 0 bridgehead atoms. The molecule has 7 nitrogen and oxygen atoms in total. The van der Waals surface area contributed by atoms with Crippen LogP contribution in [0.2, 0.25) is 0 Å². The molecule has 0 aliphatic carbocycles. The summed E-state index contributed by atoms with van der Waals surface area (Å²) in [4.78, 5) is 15.7. The fourth-order valence-electron chi connectivity index (χ4n) is 2.86. The fourth-order valence-corrected chi connectivity index (χ4v) is 2.86. The van der Waals surface area contributed by atoms with Crippen molar-refractivity contribution in [2.45, 2.75) is 25.8 Å². The predicted molar refractivity (Wildman–Crippen MR) is 96.9 cm³/mol. The van der Waals surface area contributed by atoms with Gasteiger partial charge in [0, 0.05) is 38.4 Å². The average Bonchev–Trinajstić information content (AvgIpc) is 3.16.